The molecule has 0 saturated carbocycles. The van der Waals surface area contributed by atoms with Crippen LogP contribution in [0.5, 0.6) is 0 Å². The van der Waals surface area contributed by atoms with Crippen molar-refractivity contribution in [2.45, 2.75) is 25.6 Å². The number of alkyl halides is 3. The van der Waals surface area contributed by atoms with Crippen LogP contribution in [0.2, 0.25) is 0 Å². The van der Waals surface area contributed by atoms with Crippen LogP contribution in [0.1, 0.15) is 29.3 Å². The number of hydrogen-bond acceptors (Lipinski definition) is 3. The van der Waals surface area contributed by atoms with Gasteiger partial charge in [0.2, 0.25) is 5.91 Å². The largest absolute Gasteiger partial charge is 0.416 e. The molecule has 1 aliphatic rings. The normalized spacial score (nSPS) is 16.9. The van der Waals surface area contributed by atoms with Crippen LogP contribution in [-0.4, -0.2) is 53.8 Å². The first-order valence-electron chi connectivity index (χ1n) is 7.75. The lowest BCUT2D eigenvalue weighted by Crippen LogP contribution is -2.54. The van der Waals surface area contributed by atoms with E-state index in [0.29, 0.717) is 32.6 Å². The van der Waals surface area contributed by atoms with Crippen molar-refractivity contribution in [1.82, 2.24) is 9.80 Å². The molecule has 5 nitrogen and oxygen atoms in total. The van der Waals surface area contributed by atoms with Gasteiger partial charge in [0.1, 0.15) is 0 Å². The zero-order chi connectivity index (χ0) is 17.9. The summed E-state index contributed by atoms with van der Waals surface area (Å²) in [4.78, 5) is 27.5. The molecular formula is C16H20F3N3O2. The Hall–Kier alpha value is -2.09. The van der Waals surface area contributed by atoms with Gasteiger partial charge >= 0.3 is 6.18 Å². The molecule has 2 N–H and O–H groups in total. The maximum atomic E-state index is 12.5. The monoisotopic (exact) mass is 343 g/mol. The van der Waals surface area contributed by atoms with Crippen LogP contribution in [0.4, 0.5) is 13.2 Å². The number of benzene rings is 1. The van der Waals surface area contributed by atoms with Gasteiger partial charge in [0.25, 0.3) is 5.91 Å². The number of piperazine rings is 1. The van der Waals surface area contributed by atoms with Gasteiger partial charge in [-0.05, 0) is 30.7 Å². The molecule has 132 valence electrons. The van der Waals surface area contributed by atoms with Crippen LogP contribution in [0, 0.1) is 0 Å². The Bertz CT molecular complexity index is 594. The van der Waals surface area contributed by atoms with Gasteiger partial charge in [-0.1, -0.05) is 6.92 Å². The van der Waals surface area contributed by atoms with Gasteiger partial charge in [0.05, 0.1) is 11.6 Å². The summed E-state index contributed by atoms with van der Waals surface area (Å²) in [6.45, 7) is 3.24. The summed E-state index contributed by atoms with van der Waals surface area (Å²) in [5, 5.41) is 0. The average Bonchev–Trinajstić information content (AvgIpc) is 2.59. The van der Waals surface area contributed by atoms with Crippen molar-refractivity contribution < 1.29 is 22.8 Å². The second-order valence-electron chi connectivity index (χ2n) is 5.71. The molecule has 1 atom stereocenters. The SMILES string of the molecule is CC[C@H](N)C(=O)N1CCN(C(=O)c2ccc(C(F)(F)F)cc2)CC1. The van der Waals surface area contributed by atoms with Crippen LogP contribution in [-0.2, 0) is 11.0 Å². The van der Waals surface area contributed by atoms with Crippen LogP contribution in [0.15, 0.2) is 24.3 Å². The zero-order valence-corrected chi connectivity index (χ0v) is 13.3. The van der Waals surface area contributed by atoms with Crippen LogP contribution in [0.3, 0.4) is 0 Å². The van der Waals surface area contributed by atoms with Gasteiger partial charge in [-0.15, -0.1) is 0 Å². The van der Waals surface area contributed by atoms with Gasteiger partial charge in [-0.3, -0.25) is 9.59 Å². The van der Waals surface area contributed by atoms with E-state index in [4.69, 9.17) is 5.73 Å². The summed E-state index contributed by atoms with van der Waals surface area (Å²) >= 11 is 0. The summed E-state index contributed by atoms with van der Waals surface area (Å²) in [6.07, 6.45) is -3.88. The first-order valence-corrected chi connectivity index (χ1v) is 7.75. The van der Waals surface area contributed by atoms with Crippen molar-refractivity contribution in [3.8, 4) is 0 Å². The highest BCUT2D eigenvalue weighted by Gasteiger charge is 2.31. The molecule has 8 heteroatoms. The van der Waals surface area contributed by atoms with Crippen LogP contribution in [0.25, 0.3) is 0 Å². The lowest BCUT2D eigenvalue weighted by molar-refractivity contribution is -0.137. The minimum Gasteiger partial charge on any atom is -0.338 e. The highest BCUT2D eigenvalue weighted by Crippen LogP contribution is 2.29. The first kappa shape index (κ1) is 18.3. The van der Waals surface area contributed by atoms with Crippen molar-refractivity contribution in [1.29, 1.82) is 0 Å². The summed E-state index contributed by atoms with van der Waals surface area (Å²) in [5.41, 5.74) is 5.13. The van der Waals surface area contributed by atoms with E-state index in [9.17, 15) is 22.8 Å². The quantitative estimate of drug-likeness (QED) is 0.909. The standard InChI is InChI=1S/C16H20F3N3O2/c1-2-13(20)15(24)22-9-7-21(8-10-22)14(23)11-3-5-12(6-4-11)16(17,18)19/h3-6,13H,2,7-10,20H2,1H3/t13-/m0/s1. The number of nitrogens with zero attached hydrogens (tertiary/aromatic N) is 2. The number of carbonyl (C=O) groups is 2. The molecule has 0 unspecified atom stereocenters. The molecule has 0 spiro atoms. The van der Waals surface area contributed by atoms with Crippen molar-refractivity contribution in [2.24, 2.45) is 5.73 Å². The number of amides is 2. The van der Waals surface area contributed by atoms with Crippen molar-refractivity contribution in [3.05, 3.63) is 35.4 Å². The fourth-order valence-electron chi connectivity index (χ4n) is 2.52. The highest BCUT2D eigenvalue weighted by molar-refractivity contribution is 5.94. The van der Waals surface area contributed by atoms with Gasteiger partial charge in [0, 0.05) is 31.7 Å². The molecule has 1 aliphatic heterocycles. The number of carbonyl (C=O) groups excluding carboxylic acids is 2. The third kappa shape index (κ3) is 4.05. The summed E-state index contributed by atoms with van der Waals surface area (Å²) in [7, 11) is 0. The molecule has 0 bridgehead atoms. The van der Waals surface area contributed by atoms with E-state index in [0.717, 1.165) is 12.1 Å². The molecule has 1 fully saturated rings. The Morgan fingerprint density at radius 2 is 1.58 bits per heavy atom. The molecule has 1 saturated heterocycles. The van der Waals surface area contributed by atoms with E-state index in [1.807, 2.05) is 6.92 Å². The second-order valence-corrected chi connectivity index (χ2v) is 5.71. The average molecular weight is 343 g/mol. The van der Waals surface area contributed by atoms with Gasteiger partial charge in [0.15, 0.2) is 0 Å². The minimum absolute atomic E-state index is 0.140. The topological polar surface area (TPSA) is 66.6 Å². The van der Waals surface area contributed by atoms with Crippen molar-refractivity contribution >= 4 is 11.8 Å². The predicted octanol–water partition coefficient (Wildman–Crippen LogP) is 1.73. The van der Waals surface area contributed by atoms with Gasteiger partial charge in [-0.25, -0.2) is 0 Å². The molecule has 2 amide bonds. The van der Waals surface area contributed by atoms with Gasteiger partial charge in [-0.2, -0.15) is 13.2 Å². The van der Waals surface area contributed by atoms with E-state index in [2.05, 4.69) is 0 Å². The lowest BCUT2D eigenvalue weighted by atomic mass is 10.1. The molecule has 24 heavy (non-hydrogen) atoms. The van der Waals surface area contributed by atoms with Crippen molar-refractivity contribution in [2.75, 3.05) is 26.2 Å². The van der Waals surface area contributed by atoms with Crippen LogP contribution >= 0.6 is 0 Å². The number of rotatable bonds is 3. The Morgan fingerprint density at radius 1 is 1.08 bits per heavy atom. The maximum Gasteiger partial charge on any atom is 0.416 e. The van der Waals surface area contributed by atoms with Crippen molar-refractivity contribution in [3.63, 3.8) is 0 Å². The smallest absolute Gasteiger partial charge is 0.338 e. The van der Waals surface area contributed by atoms with Crippen LogP contribution < -0.4 is 5.73 Å². The lowest BCUT2D eigenvalue weighted by Gasteiger charge is -2.35. The Labute approximate surface area is 138 Å². The molecule has 1 aromatic rings. The number of nitrogens with two attached hydrogens (primary N) is 1. The molecule has 0 aromatic heterocycles. The molecule has 2 rings (SSSR count). The Balaban J connectivity index is 1.97. The molecule has 1 aromatic carbocycles. The maximum absolute atomic E-state index is 12.5. The fourth-order valence-corrected chi connectivity index (χ4v) is 2.52. The molecule has 0 aliphatic carbocycles. The zero-order valence-electron chi connectivity index (χ0n) is 13.3. The summed E-state index contributed by atoms with van der Waals surface area (Å²) in [6, 6.07) is 3.61. The minimum atomic E-state index is -4.42. The van der Waals surface area contributed by atoms with E-state index < -0.39 is 17.8 Å². The highest BCUT2D eigenvalue weighted by atomic mass is 19.4. The Morgan fingerprint density at radius 3 is 2.04 bits per heavy atom. The third-order valence-electron chi connectivity index (χ3n) is 4.09. The summed E-state index contributed by atoms with van der Waals surface area (Å²) < 4.78 is 37.6. The van der Waals surface area contributed by atoms with E-state index >= 15 is 0 Å². The summed E-state index contributed by atoms with van der Waals surface area (Å²) in [5.74, 6) is -0.477. The molecular weight excluding hydrogens is 323 g/mol. The fraction of sp³-hybridized carbons (Fsp3) is 0.500. The molecule has 0 radical (unpaired) electrons. The third-order valence-corrected chi connectivity index (χ3v) is 4.09. The predicted molar refractivity (Wildman–Crippen MR) is 82.2 cm³/mol. The van der Waals surface area contributed by atoms with Gasteiger partial charge < -0.3 is 15.5 Å². The number of hydrogen-bond donors (Lipinski definition) is 1. The molecule has 1 heterocycles. The second kappa shape index (κ2) is 7.21. The van der Waals surface area contributed by atoms with E-state index in [1.165, 1.54) is 17.0 Å². The van der Waals surface area contributed by atoms with E-state index in [-0.39, 0.29) is 17.4 Å². The van der Waals surface area contributed by atoms with E-state index in [1.54, 1.807) is 4.90 Å². The number of halogens is 3. The Kier molecular flexibility index (Phi) is 5.48. The first-order chi connectivity index (χ1) is 11.2.